The zero-order valence-corrected chi connectivity index (χ0v) is 14.6. The fourth-order valence-corrected chi connectivity index (χ4v) is 3.27. The Morgan fingerprint density at radius 1 is 0.889 bits per heavy atom. The third-order valence-electron chi connectivity index (χ3n) is 3.26. The van der Waals surface area contributed by atoms with Gasteiger partial charge in [0.1, 0.15) is 0 Å². The minimum absolute atomic E-state index is 0.503. The summed E-state index contributed by atoms with van der Waals surface area (Å²) in [5.74, 6) is 0. The molecule has 0 unspecified atom stereocenters. The van der Waals surface area contributed by atoms with Crippen LogP contribution in [0.1, 0.15) is 73.2 Å². The molecule has 1 rings (SSSR count). The predicted octanol–water partition coefficient (Wildman–Crippen LogP) is 6.94. The molecule has 2 atom stereocenters. The van der Waals surface area contributed by atoms with Crippen LogP contribution in [-0.4, -0.2) is 0 Å². The number of hydrogen-bond acceptors (Lipinski definition) is 0. The molecule has 0 saturated heterocycles. The molecule has 0 radical (unpaired) electrons. The van der Waals surface area contributed by atoms with E-state index in [0.717, 1.165) is 0 Å². The van der Waals surface area contributed by atoms with Crippen LogP contribution in [0.25, 0.3) is 0 Å². The average Bonchev–Trinajstić information content (AvgIpc) is 2.42. The summed E-state index contributed by atoms with van der Waals surface area (Å²) < 4.78 is 0. The lowest BCUT2D eigenvalue weighted by Gasteiger charge is -2.14. The Kier molecular flexibility index (Phi) is 8.25. The summed E-state index contributed by atoms with van der Waals surface area (Å²) in [4.78, 5) is 1.01. The zero-order valence-electron chi connectivity index (χ0n) is 11.5. The topological polar surface area (TPSA) is 0 Å². The Balaban J connectivity index is 2.66. The Morgan fingerprint density at radius 2 is 1.33 bits per heavy atom. The van der Waals surface area contributed by atoms with Crippen LogP contribution in [0.5, 0.6) is 0 Å². The quantitative estimate of drug-likeness (QED) is 0.431. The Hall–Kier alpha value is 0.180. The molecule has 1 aromatic rings. The van der Waals surface area contributed by atoms with Crippen LogP contribution in [0.2, 0.25) is 0 Å². The summed E-state index contributed by atoms with van der Waals surface area (Å²) in [6.07, 6.45) is 7.55. The summed E-state index contributed by atoms with van der Waals surface area (Å²) in [7, 11) is 0. The van der Waals surface area contributed by atoms with Gasteiger partial charge in [0.2, 0.25) is 0 Å². The molecule has 18 heavy (non-hydrogen) atoms. The second-order valence-corrected chi connectivity index (χ2v) is 7.10. The molecule has 2 heteroatoms. The van der Waals surface area contributed by atoms with Crippen molar-refractivity contribution in [1.82, 2.24) is 0 Å². The van der Waals surface area contributed by atoms with Gasteiger partial charge in [0.05, 0.1) is 0 Å². The van der Waals surface area contributed by atoms with E-state index in [9.17, 15) is 0 Å². The molecule has 0 aliphatic heterocycles. The highest BCUT2D eigenvalue weighted by Gasteiger charge is 2.11. The maximum atomic E-state index is 3.81. The van der Waals surface area contributed by atoms with E-state index in [4.69, 9.17) is 0 Å². The molecule has 0 aliphatic rings. The minimum atomic E-state index is 0.503. The van der Waals surface area contributed by atoms with Gasteiger partial charge >= 0.3 is 0 Å². The van der Waals surface area contributed by atoms with E-state index in [1.165, 1.54) is 49.7 Å². The summed E-state index contributed by atoms with van der Waals surface area (Å²) in [6, 6.07) is 9.01. The molecule has 1 aromatic carbocycles. The summed E-state index contributed by atoms with van der Waals surface area (Å²) >= 11 is 7.62. The van der Waals surface area contributed by atoms with Gasteiger partial charge in [-0.05, 0) is 24.0 Å². The van der Waals surface area contributed by atoms with E-state index in [1.807, 2.05) is 0 Å². The standard InChI is InChI=1S/C16H24Br2/c1-3-5-10-15(17)13-8-7-9-14(12-13)16(18)11-6-4-2/h7-9,12,15-16H,3-6,10-11H2,1-2H3/t15-,16-/m0/s1. The molecule has 0 heterocycles. The maximum Gasteiger partial charge on any atom is 0.0395 e. The van der Waals surface area contributed by atoms with E-state index in [1.54, 1.807) is 0 Å². The van der Waals surface area contributed by atoms with Crippen LogP contribution in [0.15, 0.2) is 24.3 Å². The van der Waals surface area contributed by atoms with Crippen LogP contribution in [0.4, 0.5) is 0 Å². The van der Waals surface area contributed by atoms with Crippen LogP contribution < -0.4 is 0 Å². The molecule has 0 fully saturated rings. The molecule has 0 amide bonds. The normalized spacial score (nSPS) is 14.4. The largest absolute Gasteiger partial charge is 0.0839 e. The summed E-state index contributed by atoms with van der Waals surface area (Å²) in [6.45, 7) is 4.49. The average molecular weight is 376 g/mol. The van der Waals surface area contributed by atoms with Gasteiger partial charge in [0, 0.05) is 9.65 Å². The van der Waals surface area contributed by atoms with Crippen molar-refractivity contribution in [2.45, 2.75) is 62.0 Å². The van der Waals surface area contributed by atoms with Gasteiger partial charge in [0.15, 0.2) is 0 Å². The third-order valence-corrected chi connectivity index (χ3v) is 5.23. The van der Waals surface area contributed by atoms with Gasteiger partial charge in [-0.3, -0.25) is 0 Å². The van der Waals surface area contributed by atoms with E-state index in [0.29, 0.717) is 9.65 Å². The molecule has 0 bridgehead atoms. The first kappa shape index (κ1) is 16.2. The fraction of sp³-hybridized carbons (Fsp3) is 0.625. The molecule has 0 nitrogen and oxygen atoms in total. The van der Waals surface area contributed by atoms with Gasteiger partial charge in [-0.15, -0.1) is 0 Å². The van der Waals surface area contributed by atoms with E-state index >= 15 is 0 Å². The predicted molar refractivity (Wildman–Crippen MR) is 88.8 cm³/mol. The number of alkyl halides is 2. The Bertz CT molecular complexity index is 306. The molecule has 102 valence electrons. The highest BCUT2D eigenvalue weighted by atomic mass is 79.9. The Labute approximate surface area is 129 Å². The minimum Gasteiger partial charge on any atom is -0.0839 e. The van der Waals surface area contributed by atoms with E-state index in [-0.39, 0.29) is 0 Å². The van der Waals surface area contributed by atoms with Gasteiger partial charge in [-0.1, -0.05) is 95.7 Å². The number of benzene rings is 1. The first-order chi connectivity index (χ1) is 8.69. The first-order valence-electron chi connectivity index (χ1n) is 7.07. The van der Waals surface area contributed by atoms with Crippen molar-refractivity contribution >= 4 is 31.9 Å². The number of unbranched alkanes of at least 4 members (excludes halogenated alkanes) is 2. The molecule has 0 N–H and O–H groups in total. The molecular formula is C16H24Br2. The molecule has 0 saturated carbocycles. The monoisotopic (exact) mass is 374 g/mol. The van der Waals surface area contributed by atoms with Crippen molar-refractivity contribution in [2.24, 2.45) is 0 Å². The van der Waals surface area contributed by atoms with Crippen molar-refractivity contribution < 1.29 is 0 Å². The SMILES string of the molecule is CCCC[C@H](Br)c1cccc([C@@H](Br)CCCC)c1. The fourth-order valence-electron chi connectivity index (χ4n) is 2.05. The second-order valence-electron chi connectivity index (χ2n) is 4.89. The molecule has 0 aromatic heterocycles. The molecule has 0 spiro atoms. The molecule has 0 aliphatic carbocycles. The highest BCUT2D eigenvalue weighted by molar-refractivity contribution is 9.09. The summed E-state index contributed by atoms with van der Waals surface area (Å²) in [5.41, 5.74) is 2.84. The van der Waals surface area contributed by atoms with Crippen molar-refractivity contribution in [2.75, 3.05) is 0 Å². The maximum absolute atomic E-state index is 3.81. The second kappa shape index (κ2) is 9.14. The van der Waals surface area contributed by atoms with Crippen LogP contribution in [0.3, 0.4) is 0 Å². The van der Waals surface area contributed by atoms with Crippen molar-refractivity contribution in [3.8, 4) is 0 Å². The lowest BCUT2D eigenvalue weighted by Crippen LogP contribution is -1.95. The van der Waals surface area contributed by atoms with E-state index < -0.39 is 0 Å². The number of hydrogen-bond donors (Lipinski definition) is 0. The number of rotatable bonds is 8. The van der Waals surface area contributed by atoms with Crippen LogP contribution in [-0.2, 0) is 0 Å². The first-order valence-corrected chi connectivity index (χ1v) is 8.90. The van der Waals surface area contributed by atoms with Crippen molar-refractivity contribution in [3.63, 3.8) is 0 Å². The third kappa shape index (κ3) is 5.44. The van der Waals surface area contributed by atoms with Gasteiger partial charge < -0.3 is 0 Å². The number of halogens is 2. The smallest absolute Gasteiger partial charge is 0.0395 e. The summed E-state index contributed by atoms with van der Waals surface area (Å²) in [5, 5.41) is 0. The van der Waals surface area contributed by atoms with Crippen molar-refractivity contribution in [3.05, 3.63) is 35.4 Å². The van der Waals surface area contributed by atoms with Crippen molar-refractivity contribution in [1.29, 1.82) is 0 Å². The van der Waals surface area contributed by atoms with Gasteiger partial charge in [-0.25, -0.2) is 0 Å². The molecular weight excluding hydrogens is 352 g/mol. The van der Waals surface area contributed by atoms with Crippen LogP contribution >= 0.6 is 31.9 Å². The van der Waals surface area contributed by atoms with Crippen LogP contribution in [0, 0.1) is 0 Å². The lowest BCUT2D eigenvalue weighted by atomic mass is 10.0. The van der Waals surface area contributed by atoms with Gasteiger partial charge in [0.25, 0.3) is 0 Å². The highest BCUT2D eigenvalue weighted by Crippen LogP contribution is 2.33. The zero-order chi connectivity index (χ0) is 13.4. The van der Waals surface area contributed by atoms with E-state index in [2.05, 4.69) is 70.0 Å². The van der Waals surface area contributed by atoms with Gasteiger partial charge in [-0.2, -0.15) is 0 Å². The lowest BCUT2D eigenvalue weighted by molar-refractivity contribution is 0.704. The Morgan fingerprint density at radius 3 is 1.72 bits per heavy atom.